The molecular formula is C18H32N4O3. The maximum absolute atomic E-state index is 5.76. The molecule has 0 aromatic carbocycles. The molecule has 0 radical (unpaired) electrons. The standard InChI is InChI=1S/C18H32N4O3/c1-5-19-17(20-8-10-23-13-14-7-6-9-24-14)22-12-16-21-11-15(25-16)18(2,3)4/h11,14H,5-10,12-13H2,1-4H3,(H2,19,20,22). The van der Waals surface area contributed by atoms with E-state index < -0.39 is 0 Å². The second-order valence-corrected chi connectivity index (χ2v) is 7.20. The normalized spacial score (nSPS) is 18.6. The predicted octanol–water partition coefficient (Wildman–Crippen LogP) is 2.22. The maximum Gasteiger partial charge on any atom is 0.216 e. The van der Waals surface area contributed by atoms with Gasteiger partial charge in [-0.3, -0.25) is 0 Å². The zero-order valence-corrected chi connectivity index (χ0v) is 15.9. The molecule has 142 valence electrons. The predicted molar refractivity (Wildman–Crippen MR) is 97.8 cm³/mol. The van der Waals surface area contributed by atoms with Crippen LogP contribution in [0.3, 0.4) is 0 Å². The summed E-state index contributed by atoms with van der Waals surface area (Å²) >= 11 is 0. The van der Waals surface area contributed by atoms with Gasteiger partial charge < -0.3 is 24.5 Å². The Hall–Kier alpha value is -1.60. The number of oxazole rings is 1. The van der Waals surface area contributed by atoms with Crippen LogP contribution < -0.4 is 10.6 Å². The Labute approximate surface area is 150 Å². The summed E-state index contributed by atoms with van der Waals surface area (Å²) in [6, 6.07) is 0. The monoisotopic (exact) mass is 352 g/mol. The van der Waals surface area contributed by atoms with Crippen molar-refractivity contribution in [2.75, 3.05) is 32.9 Å². The van der Waals surface area contributed by atoms with Crippen LogP contribution in [-0.2, 0) is 21.4 Å². The van der Waals surface area contributed by atoms with Crippen LogP contribution in [0.25, 0.3) is 0 Å². The minimum atomic E-state index is -0.0436. The molecule has 0 spiro atoms. The number of nitrogens with zero attached hydrogens (tertiary/aromatic N) is 2. The molecule has 1 atom stereocenters. The molecule has 1 aromatic rings. The van der Waals surface area contributed by atoms with Gasteiger partial charge in [-0.15, -0.1) is 0 Å². The molecule has 1 saturated heterocycles. The molecule has 0 saturated carbocycles. The minimum Gasteiger partial charge on any atom is -0.443 e. The maximum atomic E-state index is 5.76. The molecule has 1 fully saturated rings. The van der Waals surface area contributed by atoms with E-state index in [9.17, 15) is 0 Å². The van der Waals surface area contributed by atoms with Crippen molar-refractivity contribution in [1.82, 2.24) is 15.6 Å². The second-order valence-electron chi connectivity index (χ2n) is 7.20. The van der Waals surface area contributed by atoms with Crippen LogP contribution in [0.4, 0.5) is 0 Å². The number of hydrogen-bond donors (Lipinski definition) is 2. The second kappa shape index (κ2) is 9.77. The lowest BCUT2D eigenvalue weighted by Gasteiger charge is -2.13. The quantitative estimate of drug-likeness (QED) is 0.424. The van der Waals surface area contributed by atoms with Gasteiger partial charge in [-0.05, 0) is 19.8 Å². The SMILES string of the molecule is CCNC(=NCc1ncc(C(C)(C)C)o1)NCCOCC1CCCO1. The summed E-state index contributed by atoms with van der Waals surface area (Å²) in [7, 11) is 0. The summed E-state index contributed by atoms with van der Waals surface area (Å²) in [5.41, 5.74) is -0.0436. The number of rotatable bonds is 8. The lowest BCUT2D eigenvalue weighted by Crippen LogP contribution is -2.39. The van der Waals surface area contributed by atoms with Gasteiger partial charge in [0.25, 0.3) is 0 Å². The molecule has 7 nitrogen and oxygen atoms in total. The van der Waals surface area contributed by atoms with E-state index in [0.717, 1.165) is 37.7 Å². The van der Waals surface area contributed by atoms with Crippen molar-refractivity contribution in [2.45, 2.75) is 58.6 Å². The molecule has 0 bridgehead atoms. The number of aliphatic imine (C=N–C) groups is 1. The van der Waals surface area contributed by atoms with Gasteiger partial charge >= 0.3 is 0 Å². The van der Waals surface area contributed by atoms with Crippen molar-refractivity contribution >= 4 is 5.96 Å². The van der Waals surface area contributed by atoms with E-state index in [1.165, 1.54) is 0 Å². The number of hydrogen-bond acceptors (Lipinski definition) is 5. The van der Waals surface area contributed by atoms with Gasteiger partial charge in [0, 0.05) is 25.1 Å². The minimum absolute atomic E-state index is 0.0436. The first-order valence-corrected chi connectivity index (χ1v) is 9.15. The molecule has 25 heavy (non-hydrogen) atoms. The van der Waals surface area contributed by atoms with Crippen molar-refractivity contribution in [3.8, 4) is 0 Å². The van der Waals surface area contributed by atoms with E-state index in [4.69, 9.17) is 13.9 Å². The average molecular weight is 352 g/mol. The highest BCUT2D eigenvalue weighted by Crippen LogP contribution is 2.22. The summed E-state index contributed by atoms with van der Waals surface area (Å²) in [6.07, 6.45) is 4.29. The molecule has 1 aromatic heterocycles. The Kier molecular flexibility index (Phi) is 7.71. The number of ether oxygens (including phenoxy) is 2. The van der Waals surface area contributed by atoms with Gasteiger partial charge in [0.2, 0.25) is 5.89 Å². The number of nitrogens with one attached hydrogen (secondary N) is 2. The molecule has 1 unspecified atom stereocenters. The van der Waals surface area contributed by atoms with Crippen molar-refractivity contribution in [1.29, 1.82) is 0 Å². The summed E-state index contributed by atoms with van der Waals surface area (Å²) in [5, 5.41) is 6.47. The third kappa shape index (κ3) is 7.04. The first-order chi connectivity index (χ1) is 12.0. The molecule has 0 amide bonds. The van der Waals surface area contributed by atoms with Crippen molar-refractivity contribution in [2.24, 2.45) is 4.99 Å². The van der Waals surface area contributed by atoms with E-state index in [1.54, 1.807) is 6.20 Å². The Bertz CT molecular complexity index is 531. The average Bonchev–Trinajstić information content (AvgIpc) is 3.23. The topological polar surface area (TPSA) is 80.9 Å². The summed E-state index contributed by atoms with van der Waals surface area (Å²) in [4.78, 5) is 8.81. The van der Waals surface area contributed by atoms with Crippen LogP contribution in [0.15, 0.2) is 15.6 Å². The Morgan fingerprint density at radius 2 is 2.24 bits per heavy atom. The first kappa shape index (κ1) is 19.7. The van der Waals surface area contributed by atoms with Crippen LogP contribution in [0.5, 0.6) is 0 Å². The summed E-state index contributed by atoms with van der Waals surface area (Å²) < 4.78 is 16.9. The lowest BCUT2D eigenvalue weighted by molar-refractivity contribution is 0.0191. The molecule has 7 heteroatoms. The molecule has 0 aliphatic carbocycles. The van der Waals surface area contributed by atoms with Gasteiger partial charge in [0.1, 0.15) is 12.3 Å². The Morgan fingerprint density at radius 3 is 2.88 bits per heavy atom. The molecule has 1 aliphatic heterocycles. The van der Waals surface area contributed by atoms with E-state index in [1.807, 2.05) is 6.92 Å². The van der Waals surface area contributed by atoms with E-state index >= 15 is 0 Å². The largest absolute Gasteiger partial charge is 0.443 e. The fourth-order valence-electron chi connectivity index (χ4n) is 2.45. The highest BCUT2D eigenvalue weighted by molar-refractivity contribution is 5.79. The number of guanidine groups is 1. The van der Waals surface area contributed by atoms with E-state index in [0.29, 0.717) is 32.2 Å². The lowest BCUT2D eigenvalue weighted by atomic mass is 9.94. The molecule has 2 heterocycles. The van der Waals surface area contributed by atoms with Gasteiger partial charge in [-0.2, -0.15) is 0 Å². The summed E-state index contributed by atoms with van der Waals surface area (Å²) in [5.74, 6) is 2.23. The molecule has 2 rings (SSSR count). The fraction of sp³-hybridized carbons (Fsp3) is 0.778. The zero-order valence-electron chi connectivity index (χ0n) is 15.9. The van der Waals surface area contributed by atoms with Gasteiger partial charge in [-0.25, -0.2) is 9.98 Å². The van der Waals surface area contributed by atoms with Crippen LogP contribution in [-0.4, -0.2) is 50.0 Å². The Morgan fingerprint density at radius 1 is 1.40 bits per heavy atom. The first-order valence-electron chi connectivity index (χ1n) is 9.15. The molecule has 2 N–H and O–H groups in total. The third-order valence-electron chi connectivity index (χ3n) is 3.88. The van der Waals surface area contributed by atoms with Gasteiger partial charge in [-0.1, -0.05) is 20.8 Å². The fourth-order valence-corrected chi connectivity index (χ4v) is 2.45. The van der Waals surface area contributed by atoms with Gasteiger partial charge in [0.15, 0.2) is 5.96 Å². The molecular weight excluding hydrogens is 320 g/mol. The van der Waals surface area contributed by atoms with Crippen molar-refractivity contribution in [3.05, 3.63) is 17.8 Å². The highest BCUT2D eigenvalue weighted by atomic mass is 16.5. The van der Waals surface area contributed by atoms with Crippen LogP contribution in [0, 0.1) is 0 Å². The van der Waals surface area contributed by atoms with E-state index in [-0.39, 0.29) is 11.5 Å². The van der Waals surface area contributed by atoms with Crippen LogP contribution >= 0.6 is 0 Å². The van der Waals surface area contributed by atoms with E-state index in [2.05, 4.69) is 41.4 Å². The third-order valence-corrected chi connectivity index (χ3v) is 3.88. The number of aromatic nitrogens is 1. The van der Waals surface area contributed by atoms with Crippen molar-refractivity contribution in [3.63, 3.8) is 0 Å². The highest BCUT2D eigenvalue weighted by Gasteiger charge is 2.19. The zero-order chi connectivity index (χ0) is 18.1. The van der Waals surface area contributed by atoms with Crippen LogP contribution in [0.1, 0.15) is 52.2 Å². The van der Waals surface area contributed by atoms with Gasteiger partial charge in [0.05, 0.1) is 25.5 Å². The van der Waals surface area contributed by atoms with Crippen LogP contribution in [0.2, 0.25) is 0 Å². The Balaban J connectivity index is 1.72. The molecule has 1 aliphatic rings. The smallest absolute Gasteiger partial charge is 0.216 e. The van der Waals surface area contributed by atoms with Crippen molar-refractivity contribution < 1.29 is 13.9 Å². The summed E-state index contributed by atoms with van der Waals surface area (Å²) in [6.45, 7) is 12.4.